The zero-order valence-electron chi connectivity index (χ0n) is 22.1. The first-order valence-electron chi connectivity index (χ1n) is 13.3. The molecule has 3 aromatic rings. The predicted molar refractivity (Wildman–Crippen MR) is 132 cm³/mol. The zero-order valence-corrected chi connectivity index (χ0v) is 22.1. The van der Waals surface area contributed by atoms with E-state index in [0.717, 1.165) is 19.1 Å². The number of alkyl halides is 5. The largest absolute Gasteiger partial charge is 0.478 e. The van der Waals surface area contributed by atoms with Crippen LogP contribution in [0.25, 0.3) is 5.65 Å². The van der Waals surface area contributed by atoms with Gasteiger partial charge in [0.1, 0.15) is 11.8 Å². The maximum absolute atomic E-state index is 13.9. The normalized spacial score (nSPS) is 19.1. The van der Waals surface area contributed by atoms with E-state index in [1.807, 2.05) is 0 Å². The Labute approximate surface area is 231 Å². The number of rotatable bonds is 10. The van der Waals surface area contributed by atoms with Crippen LogP contribution in [0.2, 0.25) is 0 Å². The average Bonchev–Trinajstić information content (AvgIpc) is 3.48. The summed E-state index contributed by atoms with van der Waals surface area (Å²) in [7, 11) is 1.33. The number of fused-ring (bicyclic) bond motifs is 1. The minimum absolute atomic E-state index is 0.0267. The van der Waals surface area contributed by atoms with Crippen LogP contribution in [-0.2, 0) is 4.79 Å². The maximum Gasteiger partial charge on any atom is 0.389 e. The van der Waals surface area contributed by atoms with E-state index in [1.54, 1.807) is 12.3 Å². The van der Waals surface area contributed by atoms with Gasteiger partial charge in [-0.05, 0) is 54.3 Å². The molecule has 5 rings (SSSR count). The third-order valence-corrected chi connectivity index (χ3v) is 7.58. The summed E-state index contributed by atoms with van der Waals surface area (Å²) in [6.45, 7) is 0. The molecule has 0 unspecified atom stereocenters. The molecule has 2 fully saturated rings. The lowest BCUT2D eigenvalue weighted by molar-refractivity contribution is -0.144. The van der Waals surface area contributed by atoms with Crippen LogP contribution in [0.5, 0.6) is 5.88 Å². The topological polar surface area (TPSA) is 124 Å². The van der Waals surface area contributed by atoms with Crippen molar-refractivity contribution in [3.8, 4) is 5.88 Å². The van der Waals surface area contributed by atoms with Crippen molar-refractivity contribution in [2.45, 2.75) is 75.5 Å². The average molecular weight is 585 g/mol. The van der Waals surface area contributed by atoms with E-state index in [1.165, 1.54) is 17.8 Å². The number of hydrogen-bond acceptors (Lipinski definition) is 7. The molecular weight excluding hydrogens is 555 g/mol. The molecule has 3 heterocycles. The van der Waals surface area contributed by atoms with Gasteiger partial charge in [0.05, 0.1) is 43.7 Å². The Bertz CT molecular complexity index is 1390. The molecule has 15 heteroatoms. The summed E-state index contributed by atoms with van der Waals surface area (Å²) >= 11 is 0. The number of imidazole rings is 1. The van der Waals surface area contributed by atoms with Crippen molar-refractivity contribution in [2.24, 2.45) is 11.8 Å². The third kappa shape index (κ3) is 6.93. The van der Waals surface area contributed by atoms with Gasteiger partial charge in [-0.15, -0.1) is 0 Å². The molecule has 2 N–H and O–H groups in total. The molecular formula is C26H29F5N6O4. The number of methoxy groups -OCH3 is 1. The first-order chi connectivity index (χ1) is 19.4. The Balaban J connectivity index is 1.40. The summed E-state index contributed by atoms with van der Waals surface area (Å²) < 4.78 is 77.0. The minimum atomic E-state index is -4.43. The number of carbonyl (C=O) groups is 2. The molecule has 2 saturated carbocycles. The third-order valence-electron chi connectivity index (χ3n) is 7.58. The Morgan fingerprint density at radius 3 is 2.51 bits per heavy atom. The van der Waals surface area contributed by atoms with Crippen molar-refractivity contribution in [2.75, 3.05) is 7.11 Å². The molecule has 2 atom stereocenters. The monoisotopic (exact) mass is 584 g/mol. The van der Waals surface area contributed by atoms with Crippen molar-refractivity contribution in [1.29, 1.82) is 0 Å². The van der Waals surface area contributed by atoms with E-state index in [9.17, 15) is 31.5 Å². The van der Waals surface area contributed by atoms with Crippen LogP contribution >= 0.6 is 0 Å². The quantitative estimate of drug-likeness (QED) is 0.324. The van der Waals surface area contributed by atoms with Gasteiger partial charge in [0.25, 0.3) is 11.8 Å². The van der Waals surface area contributed by atoms with Crippen LogP contribution in [0.4, 0.5) is 22.0 Å². The zero-order chi connectivity index (χ0) is 29.4. The lowest BCUT2D eigenvalue weighted by Crippen LogP contribution is -2.37. The molecule has 41 heavy (non-hydrogen) atoms. The van der Waals surface area contributed by atoms with E-state index < -0.39 is 48.8 Å². The molecule has 3 aromatic heterocycles. The SMILES string of the molecule is COc1nocc1C(=O)N[C@H](c1cn2ncc([C@H](NC(=O)CCC(F)(F)F)C3CC3)cc2n1)C1CCC(F)(F)CC1. The highest BCUT2D eigenvalue weighted by molar-refractivity contribution is 5.96. The number of hydrogen-bond donors (Lipinski definition) is 2. The number of ether oxygens (including phenoxy) is 1. The summed E-state index contributed by atoms with van der Waals surface area (Å²) in [5, 5.41) is 13.6. The molecule has 0 saturated heterocycles. The van der Waals surface area contributed by atoms with Gasteiger partial charge in [0, 0.05) is 19.3 Å². The van der Waals surface area contributed by atoms with Crippen LogP contribution in [0.1, 0.15) is 85.1 Å². The summed E-state index contributed by atoms with van der Waals surface area (Å²) in [6.07, 6.45) is -0.815. The van der Waals surface area contributed by atoms with Crippen molar-refractivity contribution < 1.29 is 40.8 Å². The van der Waals surface area contributed by atoms with Crippen LogP contribution in [-0.4, -0.2) is 50.8 Å². The lowest BCUT2D eigenvalue weighted by Gasteiger charge is -2.33. The summed E-state index contributed by atoms with van der Waals surface area (Å²) in [4.78, 5) is 30.0. The van der Waals surface area contributed by atoms with Gasteiger partial charge in [-0.1, -0.05) is 0 Å². The fourth-order valence-electron chi connectivity index (χ4n) is 5.21. The van der Waals surface area contributed by atoms with Gasteiger partial charge >= 0.3 is 6.18 Å². The number of nitrogens with zero attached hydrogens (tertiary/aromatic N) is 4. The molecule has 222 valence electrons. The molecule has 10 nitrogen and oxygen atoms in total. The van der Waals surface area contributed by atoms with E-state index in [-0.39, 0.29) is 49.0 Å². The van der Waals surface area contributed by atoms with Gasteiger partial charge in [-0.2, -0.15) is 18.3 Å². The van der Waals surface area contributed by atoms with E-state index in [4.69, 9.17) is 9.26 Å². The van der Waals surface area contributed by atoms with Gasteiger partial charge in [-0.3, -0.25) is 9.59 Å². The van der Waals surface area contributed by atoms with E-state index in [2.05, 4.69) is 25.9 Å². The molecule has 2 aliphatic rings. The predicted octanol–water partition coefficient (Wildman–Crippen LogP) is 4.93. The molecule has 0 aromatic carbocycles. The van der Waals surface area contributed by atoms with Crippen molar-refractivity contribution >= 4 is 17.5 Å². The molecule has 2 aliphatic carbocycles. The van der Waals surface area contributed by atoms with E-state index >= 15 is 0 Å². The first-order valence-corrected chi connectivity index (χ1v) is 13.3. The lowest BCUT2D eigenvalue weighted by atomic mass is 9.81. The summed E-state index contributed by atoms with van der Waals surface area (Å²) in [5.74, 6) is -4.36. The summed E-state index contributed by atoms with van der Waals surface area (Å²) in [5.41, 5.74) is 1.39. The van der Waals surface area contributed by atoms with Crippen LogP contribution < -0.4 is 15.4 Å². The number of amides is 2. The number of aromatic nitrogens is 4. The number of halogens is 5. The molecule has 0 spiro atoms. The fraction of sp³-hybridized carbons (Fsp3) is 0.577. The molecule has 0 aliphatic heterocycles. The second-order valence-electron chi connectivity index (χ2n) is 10.6. The molecule has 2 amide bonds. The second kappa shape index (κ2) is 11.2. The highest BCUT2D eigenvalue weighted by Gasteiger charge is 2.40. The molecule has 0 bridgehead atoms. The maximum atomic E-state index is 13.9. The Morgan fingerprint density at radius 1 is 1.15 bits per heavy atom. The van der Waals surface area contributed by atoms with Crippen LogP contribution in [0.3, 0.4) is 0 Å². The second-order valence-corrected chi connectivity index (χ2v) is 10.6. The highest BCUT2D eigenvalue weighted by atomic mass is 19.4. The Kier molecular flexibility index (Phi) is 7.88. The molecule has 0 radical (unpaired) electrons. The smallest absolute Gasteiger partial charge is 0.389 e. The number of nitrogens with one attached hydrogen (secondary N) is 2. The fourth-order valence-corrected chi connectivity index (χ4v) is 5.21. The standard InChI is InChI=1S/C26H29F5N6O4/c1-40-24-17(13-41-36-24)23(39)35-22(15-4-7-25(27,28)8-5-15)18-12-37-19(33-18)10-16(11-32-37)21(14-2-3-14)34-20(38)6-9-26(29,30)31/h10-15,21-22H,2-9H2,1H3,(H,34,38)(H,35,39)/t21-,22+/m1/s1. The van der Waals surface area contributed by atoms with Crippen LogP contribution in [0.15, 0.2) is 29.2 Å². The highest BCUT2D eigenvalue weighted by Crippen LogP contribution is 2.43. The Hall–Kier alpha value is -3.78. The van der Waals surface area contributed by atoms with Gasteiger partial charge in [0.2, 0.25) is 11.8 Å². The van der Waals surface area contributed by atoms with Crippen LogP contribution in [0, 0.1) is 11.8 Å². The van der Waals surface area contributed by atoms with Gasteiger partial charge < -0.3 is 19.9 Å². The van der Waals surface area contributed by atoms with Crippen molar-refractivity contribution in [3.05, 3.63) is 41.5 Å². The Morgan fingerprint density at radius 2 is 1.85 bits per heavy atom. The van der Waals surface area contributed by atoms with Crippen molar-refractivity contribution in [3.63, 3.8) is 0 Å². The summed E-state index contributed by atoms with van der Waals surface area (Å²) in [6, 6.07) is 0.413. The first kappa shape index (κ1) is 28.7. The minimum Gasteiger partial charge on any atom is -0.478 e. The van der Waals surface area contributed by atoms with Crippen molar-refractivity contribution in [1.82, 2.24) is 30.4 Å². The van der Waals surface area contributed by atoms with Gasteiger partial charge in [0.15, 0.2) is 5.65 Å². The number of carbonyl (C=O) groups excluding carboxylic acids is 2. The van der Waals surface area contributed by atoms with E-state index in [0.29, 0.717) is 16.9 Å². The van der Waals surface area contributed by atoms with Gasteiger partial charge in [-0.25, -0.2) is 18.3 Å².